The highest BCUT2D eigenvalue weighted by molar-refractivity contribution is 6.02. The summed E-state index contributed by atoms with van der Waals surface area (Å²) < 4.78 is 12.7. The highest BCUT2D eigenvalue weighted by atomic mass is 16.5. The summed E-state index contributed by atoms with van der Waals surface area (Å²) in [5.41, 5.74) is 11.1. The SMILES string of the molecule is CCOc1cc(-c2ccc(N3CC4CC(C3)N4Cc3ccc(OC)nc3)nc2)c2c3cn[nH]c3nn2c1N. The van der Waals surface area contributed by atoms with Gasteiger partial charge in [-0.25, -0.2) is 14.5 Å². The number of anilines is 2. The zero-order valence-corrected chi connectivity index (χ0v) is 21.3. The van der Waals surface area contributed by atoms with Crippen LogP contribution >= 0.6 is 0 Å². The van der Waals surface area contributed by atoms with E-state index < -0.39 is 0 Å². The number of ether oxygens (including phenoxy) is 2. The Hall–Kier alpha value is -4.38. The van der Waals surface area contributed by atoms with Gasteiger partial charge in [0.25, 0.3) is 0 Å². The average molecular weight is 512 g/mol. The second kappa shape index (κ2) is 8.88. The minimum absolute atomic E-state index is 0.460. The molecule has 3 fully saturated rings. The molecule has 3 saturated heterocycles. The molecule has 38 heavy (non-hydrogen) atoms. The molecule has 5 aromatic rings. The molecule has 194 valence electrons. The molecular formula is C27H29N9O2. The topological polar surface area (TPSA) is 123 Å². The Labute approximate surface area is 219 Å². The van der Waals surface area contributed by atoms with Crippen LogP contribution in [0.4, 0.5) is 11.6 Å². The molecular weight excluding hydrogens is 482 g/mol. The van der Waals surface area contributed by atoms with Crippen LogP contribution in [0.5, 0.6) is 11.6 Å². The molecule has 2 atom stereocenters. The van der Waals surface area contributed by atoms with E-state index >= 15 is 0 Å². The van der Waals surface area contributed by atoms with Crippen LogP contribution in [0.3, 0.4) is 0 Å². The summed E-state index contributed by atoms with van der Waals surface area (Å²) in [4.78, 5) is 14.2. The van der Waals surface area contributed by atoms with Gasteiger partial charge >= 0.3 is 0 Å². The van der Waals surface area contributed by atoms with Crippen LogP contribution in [0.25, 0.3) is 27.7 Å². The second-order valence-corrected chi connectivity index (χ2v) is 9.87. The molecule has 0 amide bonds. The summed E-state index contributed by atoms with van der Waals surface area (Å²) >= 11 is 0. The van der Waals surface area contributed by atoms with Crippen molar-refractivity contribution in [3.8, 4) is 22.8 Å². The van der Waals surface area contributed by atoms with Crippen molar-refractivity contribution < 1.29 is 9.47 Å². The fraction of sp³-hybridized carbons (Fsp3) is 0.333. The van der Waals surface area contributed by atoms with Crippen molar-refractivity contribution in [2.24, 2.45) is 0 Å². The third-order valence-electron chi connectivity index (χ3n) is 7.70. The molecule has 0 aromatic carbocycles. The number of hydrogen-bond donors (Lipinski definition) is 2. The first kappa shape index (κ1) is 22.8. The minimum atomic E-state index is 0.460. The number of H-pyrrole nitrogens is 1. The van der Waals surface area contributed by atoms with Crippen molar-refractivity contribution >= 4 is 28.2 Å². The lowest BCUT2D eigenvalue weighted by Gasteiger charge is -2.56. The number of nitrogen functional groups attached to an aromatic ring is 1. The van der Waals surface area contributed by atoms with E-state index in [1.54, 1.807) is 17.8 Å². The molecule has 8 rings (SSSR count). The van der Waals surface area contributed by atoms with Gasteiger partial charge in [0.15, 0.2) is 17.2 Å². The standard InChI is InChI=1S/C27H29N9O2/c1-3-38-22-9-20(25-21-12-31-32-27(21)33-36(25)26(22)28)17-5-6-23(29-11-17)34-14-18-8-19(15-34)35(18)13-16-4-7-24(37-2)30-10-16/h4-7,9-12,18-19H,3,8,13-15,28H2,1-2H3,(H,32,33). The molecule has 8 heterocycles. The van der Waals surface area contributed by atoms with Gasteiger partial charge in [-0.05, 0) is 37.1 Å². The number of piperidine rings is 1. The second-order valence-electron chi connectivity index (χ2n) is 9.87. The minimum Gasteiger partial charge on any atom is -0.490 e. The number of aromatic nitrogens is 6. The molecule has 2 bridgehead atoms. The summed E-state index contributed by atoms with van der Waals surface area (Å²) in [7, 11) is 1.64. The Balaban J connectivity index is 1.13. The highest BCUT2D eigenvalue weighted by Crippen LogP contribution is 2.38. The van der Waals surface area contributed by atoms with Gasteiger partial charge in [-0.3, -0.25) is 10.00 Å². The summed E-state index contributed by atoms with van der Waals surface area (Å²) in [5.74, 6) is 2.70. The average Bonchev–Trinajstić information content (AvgIpc) is 3.56. The first-order chi connectivity index (χ1) is 18.6. The summed E-state index contributed by atoms with van der Waals surface area (Å²) in [6.07, 6.45) is 6.84. The van der Waals surface area contributed by atoms with Crippen molar-refractivity contribution in [1.29, 1.82) is 0 Å². The van der Waals surface area contributed by atoms with Gasteiger partial charge in [-0.2, -0.15) is 5.10 Å². The van der Waals surface area contributed by atoms with Gasteiger partial charge < -0.3 is 20.1 Å². The molecule has 0 saturated carbocycles. The maximum Gasteiger partial charge on any atom is 0.212 e. The number of nitrogens with two attached hydrogens (primary N) is 1. The first-order valence-electron chi connectivity index (χ1n) is 12.9. The Morgan fingerprint density at radius 2 is 1.95 bits per heavy atom. The molecule has 0 aliphatic carbocycles. The Kier molecular flexibility index (Phi) is 5.32. The quantitative estimate of drug-likeness (QED) is 0.339. The van der Waals surface area contributed by atoms with E-state index in [-0.39, 0.29) is 0 Å². The van der Waals surface area contributed by atoms with E-state index in [0.717, 1.165) is 47.5 Å². The third kappa shape index (κ3) is 3.61. The van der Waals surface area contributed by atoms with Crippen molar-refractivity contribution in [2.45, 2.75) is 32.0 Å². The van der Waals surface area contributed by atoms with Crippen molar-refractivity contribution in [3.05, 3.63) is 54.5 Å². The number of aromatic amines is 1. The van der Waals surface area contributed by atoms with E-state index in [9.17, 15) is 0 Å². The number of piperazine rings is 1. The van der Waals surface area contributed by atoms with Gasteiger partial charge in [0.1, 0.15) is 5.82 Å². The first-order valence-corrected chi connectivity index (χ1v) is 12.9. The Morgan fingerprint density at radius 1 is 1.08 bits per heavy atom. The molecule has 3 N–H and O–H groups in total. The summed E-state index contributed by atoms with van der Waals surface area (Å²) in [6, 6.07) is 11.3. The van der Waals surface area contributed by atoms with Crippen LogP contribution in [0.1, 0.15) is 18.9 Å². The number of methoxy groups -OCH3 is 1. The largest absolute Gasteiger partial charge is 0.490 e. The number of hydrogen-bond acceptors (Lipinski definition) is 9. The van der Waals surface area contributed by atoms with Crippen LogP contribution in [-0.4, -0.2) is 73.6 Å². The number of nitrogens with one attached hydrogen (secondary N) is 1. The number of pyridine rings is 3. The lowest BCUT2D eigenvalue weighted by Crippen LogP contribution is -2.68. The van der Waals surface area contributed by atoms with Crippen LogP contribution in [0.2, 0.25) is 0 Å². The molecule has 11 heteroatoms. The van der Waals surface area contributed by atoms with E-state index in [1.165, 1.54) is 12.0 Å². The van der Waals surface area contributed by atoms with Gasteiger partial charge in [0.05, 0.1) is 30.8 Å². The molecule has 3 aliphatic heterocycles. The predicted molar refractivity (Wildman–Crippen MR) is 144 cm³/mol. The van der Waals surface area contributed by atoms with Gasteiger partial charge in [0.2, 0.25) is 5.88 Å². The summed E-state index contributed by atoms with van der Waals surface area (Å²) in [6.45, 7) is 5.29. The fourth-order valence-electron chi connectivity index (χ4n) is 5.80. The lowest BCUT2D eigenvalue weighted by atomic mass is 9.87. The Bertz CT molecular complexity index is 1600. The van der Waals surface area contributed by atoms with E-state index in [0.29, 0.717) is 41.8 Å². The van der Waals surface area contributed by atoms with Crippen LogP contribution in [-0.2, 0) is 6.54 Å². The molecule has 0 spiro atoms. The third-order valence-corrected chi connectivity index (χ3v) is 7.70. The molecule has 5 aromatic heterocycles. The van der Waals surface area contributed by atoms with Crippen LogP contribution in [0.15, 0.2) is 48.9 Å². The van der Waals surface area contributed by atoms with Gasteiger partial charge in [0, 0.05) is 61.3 Å². The van der Waals surface area contributed by atoms with E-state index in [1.807, 2.05) is 31.5 Å². The number of fused-ring (bicyclic) bond motifs is 5. The summed E-state index contributed by atoms with van der Waals surface area (Å²) in [5, 5.41) is 12.6. The smallest absolute Gasteiger partial charge is 0.212 e. The molecule has 2 unspecified atom stereocenters. The lowest BCUT2D eigenvalue weighted by molar-refractivity contribution is -0.00876. The maximum absolute atomic E-state index is 6.39. The molecule has 11 nitrogen and oxygen atoms in total. The molecule has 3 aliphatic rings. The molecule has 0 radical (unpaired) electrons. The highest BCUT2D eigenvalue weighted by Gasteiger charge is 2.44. The van der Waals surface area contributed by atoms with Crippen LogP contribution < -0.4 is 20.1 Å². The van der Waals surface area contributed by atoms with Crippen LogP contribution in [0, 0.1) is 0 Å². The number of nitrogens with zero attached hydrogens (tertiary/aromatic N) is 7. The van der Waals surface area contributed by atoms with Crippen molar-refractivity contribution in [3.63, 3.8) is 0 Å². The zero-order chi connectivity index (χ0) is 25.8. The predicted octanol–water partition coefficient (Wildman–Crippen LogP) is 3.12. The maximum atomic E-state index is 6.39. The fourth-order valence-corrected chi connectivity index (χ4v) is 5.80. The van der Waals surface area contributed by atoms with E-state index in [4.69, 9.17) is 20.2 Å². The van der Waals surface area contributed by atoms with Crippen molar-refractivity contribution in [1.82, 2.24) is 34.7 Å². The Morgan fingerprint density at radius 3 is 2.66 bits per heavy atom. The normalized spacial score (nSPS) is 19.2. The van der Waals surface area contributed by atoms with Gasteiger partial charge in [-0.1, -0.05) is 6.07 Å². The van der Waals surface area contributed by atoms with E-state index in [2.05, 4.69) is 48.3 Å². The monoisotopic (exact) mass is 511 g/mol. The zero-order valence-electron chi connectivity index (χ0n) is 21.3. The van der Waals surface area contributed by atoms with Gasteiger partial charge in [-0.15, -0.1) is 5.10 Å². The number of rotatable bonds is 7. The van der Waals surface area contributed by atoms with Crippen molar-refractivity contribution in [2.75, 3.05) is 37.4 Å².